The number of amides is 2. The molecule has 0 unspecified atom stereocenters. The van der Waals surface area contributed by atoms with Crippen molar-refractivity contribution < 1.29 is 14.0 Å². The van der Waals surface area contributed by atoms with Crippen molar-refractivity contribution >= 4 is 11.8 Å². The van der Waals surface area contributed by atoms with Crippen molar-refractivity contribution in [3.8, 4) is 0 Å². The Bertz CT molecular complexity index is 803. The maximum atomic E-state index is 12.9. The zero-order chi connectivity index (χ0) is 20.3. The van der Waals surface area contributed by atoms with E-state index in [0.717, 1.165) is 18.4 Å². The summed E-state index contributed by atoms with van der Waals surface area (Å²) < 4.78 is 5.22. The lowest BCUT2D eigenvalue weighted by atomic mass is 9.87. The Kier molecular flexibility index (Phi) is 5.92. The van der Waals surface area contributed by atoms with Crippen LogP contribution in [0, 0.1) is 5.92 Å². The molecule has 1 aromatic heterocycles. The van der Waals surface area contributed by atoms with Gasteiger partial charge >= 0.3 is 0 Å². The molecule has 2 amide bonds. The lowest BCUT2D eigenvalue weighted by Gasteiger charge is -2.33. The first-order valence-electron chi connectivity index (χ1n) is 9.93. The fraction of sp³-hybridized carbons (Fsp3) is 0.478. The number of rotatable bonds is 4. The Balaban J connectivity index is 1.60. The highest BCUT2D eigenvalue weighted by molar-refractivity contribution is 5.92. The molecule has 2 aromatic rings. The maximum Gasteiger partial charge on any atom is 0.289 e. The van der Waals surface area contributed by atoms with Crippen LogP contribution in [-0.4, -0.2) is 41.8 Å². The molecule has 150 valence electrons. The van der Waals surface area contributed by atoms with Gasteiger partial charge in [-0.15, -0.1) is 0 Å². The monoisotopic (exact) mass is 382 g/mol. The van der Waals surface area contributed by atoms with Gasteiger partial charge in [-0.2, -0.15) is 0 Å². The minimum Gasteiger partial charge on any atom is -0.459 e. The average molecular weight is 383 g/mol. The van der Waals surface area contributed by atoms with E-state index in [1.54, 1.807) is 21.9 Å². The van der Waals surface area contributed by atoms with Crippen LogP contribution in [0.2, 0.25) is 0 Å². The van der Waals surface area contributed by atoms with Crippen molar-refractivity contribution in [3.05, 3.63) is 59.5 Å². The molecule has 1 aromatic carbocycles. The van der Waals surface area contributed by atoms with Gasteiger partial charge in [-0.05, 0) is 41.5 Å². The van der Waals surface area contributed by atoms with E-state index in [9.17, 15) is 9.59 Å². The lowest BCUT2D eigenvalue weighted by Crippen LogP contribution is -2.45. The third-order valence-electron chi connectivity index (χ3n) is 5.41. The number of carbonyl (C=O) groups excluding carboxylic acids is 2. The maximum absolute atomic E-state index is 12.9. The molecule has 1 aliphatic heterocycles. The topological polar surface area (TPSA) is 53.8 Å². The van der Waals surface area contributed by atoms with Crippen molar-refractivity contribution in [1.29, 1.82) is 0 Å². The van der Waals surface area contributed by atoms with Crippen LogP contribution >= 0.6 is 0 Å². The Morgan fingerprint density at radius 1 is 1.18 bits per heavy atom. The van der Waals surface area contributed by atoms with Gasteiger partial charge in [0.25, 0.3) is 5.91 Å². The van der Waals surface area contributed by atoms with E-state index in [-0.39, 0.29) is 23.1 Å². The third kappa shape index (κ3) is 4.64. The van der Waals surface area contributed by atoms with Gasteiger partial charge in [0, 0.05) is 26.7 Å². The minimum atomic E-state index is -0.161. The fourth-order valence-corrected chi connectivity index (χ4v) is 3.69. The molecule has 0 saturated carbocycles. The Labute approximate surface area is 167 Å². The Morgan fingerprint density at radius 3 is 2.50 bits per heavy atom. The van der Waals surface area contributed by atoms with E-state index in [0.29, 0.717) is 25.4 Å². The van der Waals surface area contributed by atoms with Crippen LogP contribution in [-0.2, 0) is 16.8 Å². The number of likely N-dealkylation sites (tertiary alicyclic amines) is 1. The van der Waals surface area contributed by atoms with E-state index in [1.165, 1.54) is 11.8 Å². The standard InChI is InChI=1S/C23H30N2O3/c1-23(2,3)19-11-9-17(10-12-19)15-24(4)21(26)18-7-5-13-25(16-18)22(27)20-8-6-14-28-20/h6,8-12,14,18H,5,7,13,15-16H2,1-4H3/t18-/m1/s1. The van der Waals surface area contributed by atoms with Gasteiger partial charge in [-0.25, -0.2) is 0 Å². The van der Waals surface area contributed by atoms with Gasteiger partial charge in [0.05, 0.1) is 12.2 Å². The normalized spacial score (nSPS) is 17.4. The van der Waals surface area contributed by atoms with Crippen LogP contribution in [0.4, 0.5) is 0 Å². The zero-order valence-corrected chi connectivity index (χ0v) is 17.3. The Hall–Kier alpha value is -2.56. The predicted octanol–water partition coefficient (Wildman–Crippen LogP) is 4.09. The van der Waals surface area contributed by atoms with E-state index in [4.69, 9.17) is 4.42 Å². The highest BCUT2D eigenvalue weighted by Crippen LogP contribution is 2.24. The molecule has 5 heteroatoms. The van der Waals surface area contributed by atoms with E-state index < -0.39 is 0 Å². The van der Waals surface area contributed by atoms with Crippen LogP contribution in [0.1, 0.15) is 55.3 Å². The summed E-state index contributed by atoms with van der Waals surface area (Å²) in [5.41, 5.74) is 2.51. The second-order valence-electron chi connectivity index (χ2n) is 8.71. The van der Waals surface area contributed by atoms with E-state index in [2.05, 4.69) is 45.0 Å². The molecule has 0 spiro atoms. The Morgan fingerprint density at radius 2 is 1.89 bits per heavy atom. The SMILES string of the molecule is CN(Cc1ccc(C(C)(C)C)cc1)C(=O)[C@@H]1CCCN(C(=O)c2ccco2)C1. The number of furan rings is 1. The number of hydrogen-bond acceptors (Lipinski definition) is 3. The quantitative estimate of drug-likeness (QED) is 0.800. The van der Waals surface area contributed by atoms with Gasteiger partial charge < -0.3 is 14.2 Å². The van der Waals surface area contributed by atoms with Crippen molar-refractivity contribution in [2.45, 2.75) is 45.6 Å². The van der Waals surface area contributed by atoms with Crippen LogP contribution in [0.15, 0.2) is 47.1 Å². The summed E-state index contributed by atoms with van der Waals surface area (Å²) in [4.78, 5) is 29.0. The van der Waals surface area contributed by atoms with Crippen LogP contribution in [0.25, 0.3) is 0 Å². The number of nitrogens with zero attached hydrogens (tertiary/aromatic N) is 2. The van der Waals surface area contributed by atoms with Gasteiger partial charge in [-0.1, -0.05) is 45.0 Å². The number of benzene rings is 1. The van der Waals surface area contributed by atoms with Gasteiger partial charge in [-0.3, -0.25) is 9.59 Å². The third-order valence-corrected chi connectivity index (χ3v) is 5.41. The van der Waals surface area contributed by atoms with Crippen molar-refractivity contribution in [1.82, 2.24) is 9.80 Å². The first-order chi connectivity index (χ1) is 13.3. The second-order valence-corrected chi connectivity index (χ2v) is 8.71. The summed E-state index contributed by atoms with van der Waals surface area (Å²) >= 11 is 0. The van der Waals surface area contributed by atoms with Crippen LogP contribution < -0.4 is 0 Å². The van der Waals surface area contributed by atoms with Crippen molar-refractivity contribution in [3.63, 3.8) is 0 Å². The fourth-order valence-electron chi connectivity index (χ4n) is 3.69. The van der Waals surface area contributed by atoms with Crippen LogP contribution in [0.5, 0.6) is 0 Å². The smallest absolute Gasteiger partial charge is 0.289 e. The molecule has 1 aliphatic rings. The van der Waals surface area contributed by atoms with Crippen LogP contribution in [0.3, 0.4) is 0 Å². The summed E-state index contributed by atoms with van der Waals surface area (Å²) in [5.74, 6) is 0.131. The molecule has 5 nitrogen and oxygen atoms in total. The largest absolute Gasteiger partial charge is 0.459 e. The second kappa shape index (κ2) is 8.21. The van der Waals surface area contributed by atoms with Gasteiger partial charge in [0.2, 0.25) is 5.91 Å². The molecule has 0 aliphatic carbocycles. The summed E-state index contributed by atoms with van der Waals surface area (Å²) in [6.07, 6.45) is 3.14. The molecule has 0 bridgehead atoms. The molecular weight excluding hydrogens is 352 g/mol. The molecule has 0 radical (unpaired) electrons. The summed E-state index contributed by atoms with van der Waals surface area (Å²) in [5, 5.41) is 0. The summed E-state index contributed by atoms with van der Waals surface area (Å²) in [6.45, 7) is 8.27. The van der Waals surface area contributed by atoms with Crippen molar-refractivity contribution in [2.75, 3.05) is 20.1 Å². The van der Waals surface area contributed by atoms with E-state index in [1.807, 2.05) is 7.05 Å². The molecule has 2 heterocycles. The summed E-state index contributed by atoms with van der Waals surface area (Å²) in [7, 11) is 1.84. The van der Waals surface area contributed by atoms with Gasteiger partial charge in [0.15, 0.2) is 5.76 Å². The predicted molar refractivity (Wildman–Crippen MR) is 109 cm³/mol. The highest BCUT2D eigenvalue weighted by atomic mass is 16.3. The molecule has 28 heavy (non-hydrogen) atoms. The average Bonchev–Trinajstić information content (AvgIpc) is 3.21. The lowest BCUT2D eigenvalue weighted by molar-refractivity contribution is -0.136. The first kappa shape index (κ1) is 20.2. The number of hydrogen-bond donors (Lipinski definition) is 0. The molecule has 1 saturated heterocycles. The van der Waals surface area contributed by atoms with E-state index >= 15 is 0 Å². The van der Waals surface area contributed by atoms with Crippen molar-refractivity contribution in [2.24, 2.45) is 5.92 Å². The molecule has 0 N–H and O–H groups in total. The highest BCUT2D eigenvalue weighted by Gasteiger charge is 2.31. The molecule has 1 atom stereocenters. The summed E-state index contributed by atoms with van der Waals surface area (Å²) in [6, 6.07) is 11.8. The van der Waals surface area contributed by atoms with Gasteiger partial charge in [0.1, 0.15) is 0 Å². The molecule has 1 fully saturated rings. The zero-order valence-electron chi connectivity index (χ0n) is 17.3. The number of piperidine rings is 1. The number of carbonyl (C=O) groups is 2. The minimum absolute atomic E-state index is 0.0943. The first-order valence-corrected chi connectivity index (χ1v) is 9.93. The molecule has 3 rings (SSSR count). The molecular formula is C23H30N2O3.